The molecule has 15 heteroatoms. The van der Waals surface area contributed by atoms with E-state index in [-0.39, 0.29) is 49.2 Å². The first-order valence-corrected chi connectivity index (χ1v) is 19.6. The summed E-state index contributed by atoms with van der Waals surface area (Å²) in [6.07, 6.45) is -0.750. The van der Waals surface area contributed by atoms with Gasteiger partial charge in [0, 0.05) is 44.7 Å². The summed E-state index contributed by atoms with van der Waals surface area (Å²) in [6.45, 7) is 12.1. The van der Waals surface area contributed by atoms with E-state index in [0.29, 0.717) is 43.3 Å². The molecule has 0 spiro atoms. The van der Waals surface area contributed by atoms with Crippen molar-refractivity contribution in [3.8, 4) is 27.4 Å². The lowest BCUT2D eigenvalue weighted by Crippen LogP contribution is -2.61. The lowest BCUT2D eigenvalue weighted by Gasteiger charge is -2.45. The minimum absolute atomic E-state index is 0.00471. The minimum atomic E-state index is -0.920. The number of para-hydroxylation sites is 1. The van der Waals surface area contributed by atoms with Crippen molar-refractivity contribution in [2.24, 2.45) is 5.41 Å². The summed E-state index contributed by atoms with van der Waals surface area (Å²) in [7, 11) is 0. The van der Waals surface area contributed by atoms with Crippen molar-refractivity contribution in [1.82, 2.24) is 35.6 Å². The number of carbonyl (C=O) groups excluding carboxylic acids is 3. The Morgan fingerprint density at radius 3 is 2.51 bits per heavy atom. The fourth-order valence-electron chi connectivity index (χ4n) is 7.74. The number of aryl methyl sites for hydroxylation is 1. The second-order valence-corrected chi connectivity index (χ2v) is 16.7. The third-order valence-electron chi connectivity index (χ3n) is 10.8. The molecule has 2 saturated heterocycles. The number of anilines is 2. The monoisotopic (exact) mass is 767 g/mol. The molecule has 5 heterocycles. The number of thiazole rings is 1. The van der Waals surface area contributed by atoms with Gasteiger partial charge in [-0.05, 0) is 48.6 Å². The van der Waals surface area contributed by atoms with Gasteiger partial charge in [-0.1, -0.05) is 57.2 Å². The van der Waals surface area contributed by atoms with E-state index < -0.39 is 29.5 Å². The van der Waals surface area contributed by atoms with Gasteiger partial charge in [0.2, 0.25) is 17.7 Å². The number of fused-ring (bicyclic) bond motifs is 3. The summed E-state index contributed by atoms with van der Waals surface area (Å²) in [5.74, 6) is -0.218. The molecule has 7 rings (SSSR count). The molecule has 0 radical (unpaired) electrons. The molecule has 3 amide bonds. The number of aromatic hydroxyl groups is 1. The largest absolute Gasteiger partial charge is 0.507 e. The van der Waals surface area contributed by atoms with Gasteiger partial charge < -0.3 is 36.0 Å². The van der Waals surface area contributed by atoms with E-state index in [4.69, 9.17) is 0 Å². The Morgan fingerprint density at radius 2 is 1.80 bits per heavy atom. The Hall–Kier alpha value is -5.12. The highest BCUT2D eigenvalue weighted by atomic mass is 32.1. The predicted molar refractivity (Wildman–Crippen MR) is 212 cm³/mol. The molecule has 2 aromatic heterocycles. The Balaban J connectivity index is 0.974. The normalized spacial score (nSPS) is 20.9. The van der Waals surface area contributed by atoms with Gasteiger partial charge >= 0.3 is 0 Å². The number of phenolic OH excluding ortho intramolecular Hbond substituents is 1. The first-order valence-electron chi connectivity index (χ1n) is 18.7. The van der Waals surface area contributed by atoms with Gasteiger partial charge in [0.1, 0.15) is 17.8 Å². The number of amides is 3. The molecule has 1 unspecified atom stereocenters. The van der Waals surface area contributed by atoms with Crippen LogP contribution >= 0.6 is 11.3 Å². The molecule has 0 saturated carbocycles. The van der Waals surface area contributed by atoms with Crippen LogP contribution < -0.4 is 20.9 Å². The Morgan fingerprint density at radius 1 is 1.04 bits per heavy atom. The number of nitrogens with zero attached hydrogens (tertiary/aromatic N) is 6. The number of likely N-dealkylation sites (tertiary alicyclic amines) is 1. The van der Waals surface area contributed by atoms with Gasteiger partial charge in [-0.2, -0.15) is 0 Å². The molecule has 0 bridgehead atoms. The summed E-state index contributed by atoms with van der Waals surface area (Å²) in [6, 6.07) is 14.9. The third kappa shape index (κ3) is 8.14. The second kappa shape index (κ2) is 15.6. The van der Waals surface area contributed by atoms with E-state index in [1.807, 2.05) is 76.5 Å². The van der Waals surface area contributed by atoms with Gasteiger partial charge in [-0.25, -0.2) is 4.98 Å². The molecule has 4 aromatic rings. The maximum absolute atomic E-state index is 14.2. The zero-order valence-corrected chi connectivity index (χ0v) is 32.6. The summed E-state index contributed by atoms with van der Waals surface area (Å²) in [4.78, 5) is 52.8. The van der Waals surface area contributed by atoms with E-state index in [1.165, 1.54) is 4.90 Å². The highest BCUT2D eigenvalue weighted by Gasteiger charge is 2.45. The van der Waals surface area contributed by atoms with Gasteiger partial charge in [0.15, 0.2) is 5.82 Å². The standard InChI is InChI=1S/C40H49N9O5S/c1-23(25-10-12-26(13-11-25)35-24(2)42-22-55-35)43-38(53)32-16-28(50)20-49(32)39(54)36(40(3,4)5)44-34(52)21-47-14-15-48-27(19-47)18-41-37-31(48)17-30(45-46-37)29-8-6-7-9-33(29)51/h6-13,17,22-23,27-28,32,36,50-51H,14-16,18-21H2,1-5H3,(H,41,46)(H,43,53)(H,44,52)/t23-,27?,28+,32-,36+/m0/s1. The number of piperazine rings is 1. The molecule has 5 N–H and O–H groups in total. The van der Waals surface area contributed by atoms with Crippen molar-refractivity contribution in [2.45, 2.75) is 71.3 Å². The van der Waals surface area contributed by atoms with Gasteiger partial charge in [0.25, 0.3) is 0 Å². The summed E-state index contributed by atoms with van der Waals surface area (Å²) < 4.78 is 0. The number of aliphatic hydroxyl groups is 1. The van der Waals surface area contributed by atoms with Crippen molar-refractivity contribution < 1.29 is 24.6 Å². The zero-order chi connectivity index (χ0) is 39.0. The first kappa shape index (κ1) is 38.2. The van der Waals surface area contributed by atoms with Crippen molar-refractivity contribution in [1.29, 1.82) is 0 Å². The van der Waals surface area contributed by atoms with Crippen LogP contribution in [0, 0.1) is 12.3 Å². The van der Waals surface area contributed by atoms with Crippen molar-refractivity contribution >= 4 is 40.6 Å². The maximum atomic E-state index is 14.2. The number of rotatable bonds is 9. The minimum Gasteiger partial charge on any atom is -0.507 e. The number of nitrogens with one attached hydrogen (secondary N) is 3. The quantitative estimate of drug-likeness (QED) is 0.168. The van der Waals surface area contributed by atoms with Gasteiger partial charge in [-0.3, -0.25) is 19.3 Å². The SMILES string of the molecule is Cc1ncsc1-c1ccc([C@H](C)NC(=O)[C@@H]2C[C@@H](O)CN2C(=O)[C@@H](NC(=O)CN2CCN3c4cc(-c5ccccc5O)nnc4NCC3C2)C(C)(C)C)cc1. The van der Waals surface area contributed by atoms with Crippen LogP contribution in [0.15, 0.2) is 60.1 Å². The molecular formula is C40H49N9O5S. The van der Waals surface area contributed by atoms with Crippen LogP contribution in [-0.2, 0) is 14.4 Å². The average molecular weight is 768 g/mol. The Kier molecular flexibility index (Phi) is 10.8. The lowest BCUT2D eigenvalue weighted by atomic mass is 9.85. The number of benzene rings is 2. The van der Waals surface area contributed by atoms with Gasteiger partial charge in [-0.15, -0.1) is 21.5 Å². The van der Waals surface area contributed by atoms with Crippen LogP contribution in [0.1, 0.15) is 51.4 Å². The number of aromatic nitrogens is 3. The molecule has 3 aliphatic heterocycles. The fourth-order valence-corrected chi connectivity index (χ4v) is 8.55. The summed E-state index contributed by atoms with van der Waals surface area (Å²) >= 11 is 1.58. The van der Waals surface area contributed by atoms with Gasteiger partial charge in [0.05, 0.1) is 52.2 Å². The van der Waals surface area contributed by atoms with E-state index in [2.05, 4.69) is 40.9 Å². The number of carbonyl (C=O) groups is 3. The predicted octanol–water partition coefficient (Wildman–Crippen LogP) is 3.57. The highest BCUT2D eigenvalue weighted by Crippen LogP contribution is 2.36. The molecular weight excluding hydrogens is 719 g/mol. The van der Waals surface area contributed by atoms with Crippen LogP contribution in [0.25, 0.3) is 21.7 Å². The second-order valence-electron chi connectivity index (χ2n) is 15.8. The first-order chi connectivity index (χ1) is 26.3. The number of hydrogen-bond acceptors (Lipinski definition) is 12. The molecule has 14 nitrogen and oxygen atoms in total. The smallest absolute Gasteiger partial charge is 0.246 e. The fraction of sp³-hybridized carbons (Fsp3) is 0.450. The van der Waals surface area contributed by atoms with Crippen molar-refractivity contribution in [3.05, 3.63) is 71.4 Å². The van der Waals surface area contributed by atoms with Crippen LogP contribution in [0.5, 0.6) is 5.75 Å². The topological polar surface area (TPSA) is 176 Å². The van der Waals surface area contributed by atoms with Crippen LogP contribution in [-0.4, -0.2) is 116 Å². The Labute approximate surface area is 325 Å². The summed E-state index contributed by atoms with van der Waals surface area (Å²) in [5.41, 5.74) is 6.17. The molecule has 55 heavy (non-hydrogen) atoms. The Bertz CT molecular complexity index is 2050. The number of aliphatic hydroxyl groups excluding tert-OH is 1. The zero-order valence-electron chi connectivity index (χ0n) is 31.8. The van der Waals surface area contributed by atoms with Crippen LogP contribution in [0.2, 0.25) is 0 Å². The summed E-state index contributed by atoms with van der Waals surface area (Å²) in [5, 5.41) is 39.2. The highest BCUT2D eigenvalue weighted by molar-refractivity contribution is 7.13. The molecule has 3 aliphatic rings. The third-order valence-corrected chi connectivity index (χ3v) is 11.7. The number of β-amino-alcohol motifs (C(OH)–C–C–N with tert-alkyl or cyclic N) is 1. The average Bonchev–Trinajstić information content (AvgIpc) is 3.78. The molecule has 290 valence electrons. The molecule has 2 aromatic carbocycles. The van der Waals surface area contributed by atoms with E-state index in [1.54, 1.807) is 29.5 Å². The lowest BCUT2D eigenvalue weighted by molar-refractivity contribution is -0.144. The maximum Gasteiger partial charge on any atom is 0.246 e. The van der Waals surface area contributed by atoms with Crippen molar-refractivity contribution in [2.75, 3.05) is 49.5 Å². The van der Waals surface area contributed by atoms with Crippen LogP contribution in [0.4, 0.5) is 11.5 Å². The molecule has 5 atom stereocenters. The van der Waals surface area contributed by atoms with Crippen molar-refractivity contribution in [3.63, 3.8) is 0 Å². The molecule has 2 fully saturated rings. The molecule has 0 aliphatic carbocycles. The number of hydrogen-bond donors (Lipinski definition) is 5. The number of phenols is 1. The van der Waals surface area contributed by atoms with E-state index >= 15 is 0 Å². The van der Waals surface area contributed by atoms with E-state index in [0.717, 1.165) is 27.4 Å². The van der Waals surface area contributed by atoms with Crippen LogP contribution in [0.3, 0.4) is 0 Å². The van der Waals surface area contributed by atoms with E-state index in [9.17, 15) is 24.6 Å².